The minimum atomic E-state index is -0.0332. The molecule has 0 aliphatic rings. The van der Waals surface area contributed by atoms with E-state index in [4.69, 9.17) is 21.4 Å². The monoisotopic (exact) mass is 255 g/mol. The molecular formula is C11H10ClNO2S. The molecule has 3 nitrogen and oxygen atoms in total. The second-order valence-electron chi connectivity index (χ2n) is 3.13. The van der Waals surface area contributed by atoms with Crippen LogP contribution in [0.25, 0.3) is 11.3 Å². The van der Waals surface area contributed by atoms with Gasteiger partial charge in [-0.15, -0.1) is 11.3 Å². The topological polar surface area (TPSA) is 42.4 Å². The van der Waals surface area contributed by atoms with Gasteiger partial charge < -0.3 is 9.84 Å². The van der Waals surface area contributed by atoms with Gasteiger partial charge in [-0.05, 0) is 18.2 Å². The molecule has 0 radical (unpaired) electrons. The van der Waals surface area contributed by atoms with E-state index < -0.39 is 0 Å². The molecule has 5 heteroatoms. The molecule has 1 aromatic heterocycles. The Morgan fingerprint density at radius 1 is 1.50 bits per heavy atom. The van der Waals surface area contributed by atoms with Gasteiger partial charge in [0, 0.05) is 10.9 Å². The van der Waals surface area contributed by atoms with Crippen LogP contribution in [0.1, 0.15) is 5.01 Å². The standard InChI is InChI=1S/C11H10ClNO2S/c1-15-10-3-2-7(4-8(10)12)9-6-16-11(5-14)13-9/h2-4,6,14H,5H2,1H3. The third kappa shape index (κ3) is 2.19. The summed E-state index contributed by atoms with van der Waals surface area (Å²) in [6.45, 7) is -0.0332. The first kappa shape index (κ1) is 11.4. The summed E-state index contributed by atoms with van der Waals surface area (Å²) >= 11 is 7.45. The van der Waals surface area contributed by atoms with Crippen molar-refractivity contribution in [2.75, 3.05) is 7.11 Å². The highest BCUT2D eigenvalue weighted by Crippen LogP contribution is 2.30. The number of hydrogen-bond acceptors (Lipinski definition) is 4. The molecule has 0 amide bonds. The van der Waals surface area contributed by atoms with Gasteiger partial charge in [-0.1, -0.05) is 11.6 Å². The molecule has 0 aliphatic carbocycles. The van der Waals surface area contributed by atoms with Gasteiger partial charge in [-0.2, -0.15) is 0 Å². The smallest absolute Gasteiger partial charge is 0.137 e. The molecule has 1 aromatic carbocycles. The third-order valence-corrected chi connectivity index (χ3v) is 3.26. The van der Waals surface area contributed by atoms with Crippen molar-refractivity contribution in [3.63, 3.8) is 0 Å². The van der Waals surface area contributed by atoms with E-state index in [1.54, 1.807) is 19.2 Å². The van der Waals surface area contributed by atoms with Crippen LogP contribution in [0.15, 0.2) is 23.6 Å². The zero-order valence-electron chi connectivity index (χ0n) is 8.61. The summed E-state index contributed by atoms with van der Waals surface area (Å²) in [4.78, 5) is 4.26. The maximum absolute atomic E-state index is 8.94. The Labute approximate surface area is 102 Å². The zero-order chi connectivity index (χ0) is 11.5. The Balaban J connectivity index is 2.37. The van der Waals surface area contributed by atoms with Crippen LogP contribution in [0.5, 0.6) is 5.75 Å². The van der Waals surface area contributed by atoms with Gasteiger partial charge in [0.05, 0.1) is 24.4 Å². The van der Waals surface area contributed by atoms with Crippen LogP contribution >= 0.6 is 22.9 Å². The molecule has 0 spiro atoms. The second-order valence-corrected chi connectivity index (χ2v) is 4.48. The van der Waals surface area contributed by atoms with Crippen molar-refractivity contribution >= 4 is 22.9 Å². The predicted octanol–water partition coefficient (Wildman–Crippen LogP) is 2.96. The molecule has 2 aromatic rings. The summed E-state index contributed by atoms with van der Waals surface area (Å²) in [5.41, 5.74) is 1.74. The number of ether oxygens (including phenoxy) is 1. The highest BCUT2D eigenvalue weighted by molar-refractivity contribution is 7.09. The first-order valence-electron chi connectivity index (χ1n) is 4.63. The van der Waals surface area contributed by atoms with Crippen LogP contribution < -0.4 is 4.74 Å². The van der Waals surface area contributed by atoms with Gasteiger partial charge in [-0.25, -0.2) is 4.98 Å². The van der Waals surface area contributed by atoms with E-state index >= 15 is 0 Å². The molecule has 0 bridgehead atoms. The number of hydrogen-bond donors (Lipinski definition) is 1. The zero-order valence-corrected chi connectivity index (χ0v) is 10.2. The fourth-order valence-electron chi connectivity index (χ4n) is 1.34. The molecule has 84 valence electrons. The molecule has 16 heavy (non-hydrogen) atoms. The second kappa shape index (κ2) is 4.82. The Morgan fingerprint density at radius 3 is 2.88 bits per heavy atom. The van der Waals surface area contributed by atoms with E-state index in [-0.39, 0.29) is 6.61 Å². The van der Waals surface area contributed by atoms with Crippen LogP contribution in [-0.2, 0) is 6.61 Å². The average molecular weight is 256 g/mol. The molecule has 1 heterocycles. The summed E-state index contributed by atoms with van der Waals surface area (Å²) in [5.74, 6) is 0.642. The third-order valence-electron chi connectivity index (χ3n) is 2.13. The maximum atomic E-state index is 8.94. The molecule has 0 saturated carbocycles. The molecule has 1 N–H and O–H groups in total. The van der Waals surface area contributed by atoms with Crippen LogP contribution in [0.4, 0.5) is 0 Å². The number of aliphatic hydroxyl groups is 1. The van der Waals surface area contributed by atoms with Crippen molar-refractivity contribution in [2.45, 2.75) is 6.61 Å². The normalized spacial score (nSPS) is 10.4. The molecule has 2 rings (SSSR count). The highest BCUT2D eigenvalue weighted by atomic mass is 35.5. The fraction of sp³-hybridized carbons (Fsp3) is 0.182. The summed E-state index contributed by atoms with van der Waals surface area (Å²) in [6, 6.07) is 5.49. The van der Waals surface area contributed by atoms with E-state index in [2.05, 4.69) is 4.98 Å². The van der Waals surface area contributed by atoms with E-state index in [1.165, 1.54) is 11.3 Å². The number of benzene rings is 1. The number of nitrogens with zero attached hydrogens (tertiary/aromatic N) is 1. The Morgan fingerprint density at radius 2 is 2.31 bits per heavy atom. The van der Waals surface area contributed by atoms with Gasteiger partial charge >= 0.3 is 0 Å². The Kier molecular flexibility index (Phi) is 3.43. The fourth-order valence-corrected chi connectivity index (χ4v) is 2.26. The van der Waals surface area contributed by atoms with Crippen molar-refractivity contribution in [3.8, 4) is 17.0 Å². The summed E-state index contributed by atoms with van der Waals surface area (Å²) < 4.78 is 5.07. The highest BCUT2D eigenvalue weighted by Gasteiger charge is 2.07. The quantitative estimate of drug-likeness (QED) is 0.917. The molecule has 0 fully saturated rings. The van der Waals surface area contributed by atoms with Crippen molar-refractivity contribution < 1.29 is 9.84 Å². The number of aromatic nitrogens is 1. The van der Waals surface area contributed by atoms with Gasteiger partial charge in [-0.3, -0.25) is 0 Å². The number of aliphatic hydroxyl groups excluding tert-OH is 1. The van der Waals surface area contributed by atoms with Gasteiger partial charge in [0.25, 0.3) is 0 Å². The number of thiazole rings is 1. The molecule has 0 aliphatic heterocycles. The van der Waals surface area contributed by atoms with Crippen molar-refractivity contribution in [1.29, 1.82) is 0 Å². The van der Waals surface area contributed by atoms with E-state index in [0.717, 1.165) is 11.3 Å². The van der Waals surface area contributed by atoms with E-state index in [9.17, 15) is 0 Å². The SMILES string of the molecule is COc1ccc(-c2csc(CO)n2)cc1Cl. The van der Waals surface area contributed by atoms with Gasteiger partial charge in [0.2, 0.25) is 0 Å². The molecule has 0 atom stereocenters. The first-order chi connectivity index (χ1) is 7.74. The number of methoxy groups -OCH3 is 1. The Hall–Kier alpha value is -1.10. The minimum absolute atomic E-state index is 0.0332. The number of rotatable bonds is 3. The first-order valence-corrected chi connectivity index (χ1v) is 5.89. The number of halogens is 1. The van der Waals surface area contributed by atoms with Crippen LogP contribution in [0.3, 0.4) is 0 Å². The predicted molar refractivity (Wildman–Crippen MR) is 65.0 cm³/mol. The van der Waals surface area contributed by atoms with Gasteiger partial charge in [0.15, 0.2) is 0 Å². The lowest BCUT2D eigenvalue weighted by atomic mass is 10.2. The van der Waals surface area contributed by atoms with Crippen LogP contribution in [0, 0.1) is 0 Å². The van der Waals surface area contributed by atoms with Crippen molar-refractivity contribution in [3.05, 3.63) is 33.6 Å². The minimum Gasteiger partial charge on any atom is -0.495 e. The lowest BCUT2D eigenvalue weighted by Gasteiger charge is -2.03. The van der Waals surface area contributed by atoms with Crippen molar-refractivity contribution in [1.82, 2.24) is 4.98 Å². The van der Waals surface area contributed by atoms with E-state index in [1.807, 2.05) is 11.4 Å². The van der Waals surface area contributed by atoms with Crippen LogP contribution in [0.2, 0.25) is 5.02 Å². The maximum Gasteiger partial charge on any atom is 0.137 e. The Bertz CT molecular complexity index is 498. The van der Waals surface area contributed by atoms with E-state index in [0.29, 0.717) is 15.8 Å². The van der Waals surface area contributed by atoms with Gasteiger partial charge in [0.1, 0.15) is 10.8 Å². The summed E-state index contributed by atoms with van der Waals surface area (Å²) in [7, 11) is 1.58. The lowest BCUT2D eigenvalue weighted by molar-refractivity contribution is 0.281. The lowest BCUT2D eigenvalue weighted by Crippen LogP contribution is -1.86. The van der Waals surface area contributed by atoms with Crippen molar-refractivity contribution in [2.24, 2.45) is 0 Å². The molecule has 0 saturated heterocycles. The average Bonchev–Trinajstić information content (AvgIpc) is 2.77. The largest absolute Gasteiger partial charge is 0.495 e. The van der Waals surface area contributed by atoms with Crippen LogP contribution in [-0.4, -0.2) is 17.2 Å². The summed E-state index contributed by atoms with van der Waals surface area (Å²) in [5, 5.41) is 12.1. The molecular weight excluding hydrogens is 246 g/mol. The molecule has 0 unspecified atom stereocenters. The summed E-state index contributed by atoms with van der Waals surface area (Å²) in [6.07, 6.45) is 0.